The number of anilines is 3. The van der Waals surface area contributed by atoms with Crippen LogP contribution in [0.15, 0.2) is 30.6 Å². The van der Waals surface area contributed by atoms with Crippen LogP contribution in [0.1, 0.15) is 42.2 Å². The number of hydrogen-bond acceptors (Lipinski definition) is 9. The summed E-state index contributed by atoms with van der Waals surface area (Å²) in [6.07, 6.45) is 7.65. The summed E-state index contributed by atoms with van der Waals surface area (Å²) < 4.78 is 1.87. The third kappa shape index (κ3) is 5.92. The van der Waals surface area contributed by atoms with Crippen LogP contribution in [0.5, 0.6) is 0 Å². The van der Waals surface area contributed by atoms with Gasteiger partial charge >= 0.3 is 5.97 Å². The summed E-state index contributed by atoms with van der Waals surface area (Å²) in [6, 6.07) is 5.75. The number of aromatic carboxylic acids is 1. The van der Waals surface area contributed by atoms with Gasteiger partial charge in [0.25, 0.3) is 0 Å². The maximum atomic E-state index is 11.8. The Morgan fingerprint density at radius 3 is 2.42 bits per heavy atom. The lowest BCUT2D eigenvalue weighted by Crippen LogP contribution is -2.47. The summed E-state index contributed by atoms with van der Waals surface area (Å²) in [6.45, 7) is 4.56. The molecule has 0 unspecified atom stereocenters. The Kier molecular flexibility index (Phi) is 8.68. The van der Waals surface area contributed by atoms with Crippen molar-refractivity contribution in [2.45, 2.75) is 31.7 Å². The van der Waals surface area contributed by atoms with Crippen molar-refractivity contribution in [1.82, 2.24) is 29.7 Å². The molecule has 11 nitrogen and oxygen atoms in total. The van der Waals surface area contributed by atoms with Crippen LogP contribution in [0, 0.1) is 0 Å². The number of aliphatic hydroxyl groups excluding tert-OH is 1. The first kappa shape index (κ1) is 25.8. The van der Waals surface area contributed by atoms with E-state index in [1.165, 1.54) is 0 Å². The summed E-state index contributed by atoms with van der Waals surface area (Å²) in [7, 11) is 3.75. The van der Waals surface area contributed by atoms with E-state index < -0.39 is 5.97 Å². The minimum atomic E-state index is -0.941. The van der Waals surface area contributed by atoms with Crippen molar-refractivity contribution >= 4 is 34.5 Å². The highest BCUT2D eigenvalue weighted by atomic mass is 16.4. The second-order valence-corrected chi connectivity index (χ2v) is 9.19. The van der Waals surface area contributed by atoms with Crippen LogP contribution in [-0.4, -0.2) is 94.0 Å². The standard InChI is InChI=1S/C23H29N7O3.C2H7N/c31-12-11-28-7-9-29(10-8-28)18-5-6-20(24-15-18)26-23-25-14-16-13-19(22(32)33)30(21(16)27-23)17-3-1-2-4-17;1-3-2/h5-6,13-15,17,31H,1-4,7-12H2,(H,32,33)(H,24,25,26,27);3H,1-2H3. The number of nitrogens with one attached hydrogen (secondary N) is 2. The highest BCUT2D eigenvalue weighted by Gasteiger charge is 2.25. The van der Waals surface area contributed by atoms with Crippen molar-refractivity contribution in [3.63, 3.8) is 0 Å². The highest BCUT2D eigenvalue weighted by molar-refractivity contribution is 5.93. The third-order valence-electron chi connectivity index (χ3n) is 6.63. The van der Waals surface area contributed by atoms with Gasteiger partial charge in [0.2, 0.25) is 5.95 Å². The van der Waals surface area contributed by atoms with E-state index in [9.17, 15) is 9.90 Å². The number of rotatable bonds is 7. The van der Waals surface area contributed by atoms with E-state index in [0.717, 1.165) is 69.5 Å². The number of aromatic nitrogens is 4. The molecule has 2 aliphatic rings. The second kappa shape index (κ2) is 12.1. The molecule has 1 saturated heterocycles. The van der Waals surface area contributed by atoms with Crippen molar-refractivity contribution in [3.8, 4) is 0 Å². The lowest BCUT2D eigenvalue weighted by molar-refractivity contribution is 0.0683. The van der Waals surface area contributed by atoms with Crippen molar-refractivity contribution < 1.29 is 15.0 Å². The molecule has 2 fully saturated rings. The Morgan fingerprint density at radius 2 is 1.81 bits per heavy atom. The van der Waals surface area contributed by atoms with Gasteiger partial charge in [-0.15, -0.1) is 0 Å². The lowest BCUT2D eigenvalue weighted by atomic mass is 10.2. The maximum Gasteiger partial charge on any atom is 0.352 e. The van der Waals surface area contributed by atoms with Crippen LogP contribution in [-0.2, 0) is 0 Å². The molecule has 0 spiro atoms. The smallest absolute Gasteiger partial charge is 0.352 e. The molecule has 0 bridgehead atoms. The Balaban J connectivity index is 0.000000967. The van der Waals surface area contributed by atoms with E-state index in [-0.39, 0.29) is 18.3 Å². The van der Waals surface area contributed by atoms with Crippen LogP contribution >= 0.6 is 0 Å². The average molecular weight is 497 g/mol. The van der Waals surface area contributed by atoms with E-state index in [4.69, 9.17) is 5.11 Å². The van der Waals surface area contributed by atoms with Crippen LogP contribution in [0.4, 0.5) is 17.5 Å². The Morgan fingerprint density at radius 1 is 1.08 bits per heavy atom. The Hall–Kier alpha value is -3.28. The summed E-state index contributed by atoms with van der Waals surface area (Å²) >= 11 is 0. The SMILES string of the molecule is CNC.O=C(O)c1cc2cnc(Nc3ccc(N4CCN(CCO)CC4)cn3)nc2n1C1CCCC1. The molecule has 36 heavy (non-hydrogen) atoms. The van der Waals surface area contributed by atoms with Gasteiger partial charge in [0.05, 0.1) is 18.5 Å². The largest absolute Gasteiger partial charge is 0.477 e. The molecule has 1 aliphatic heterocycles. The topological polar surface area (TPSA) is 132 Å². The zero-order valence-corrected chi connectivity index (χ0v) is 21.0. The zero-order valence-electron chi connectivity index (χ0n) is 21.0. The number of carboxylic acid groups (broad SMARTS) is 1. The molecule has 194 valence electrons. The molecule has 4 N–H and O–H groups in total. The first-order valence-corrected chi connectivity index (χ1v) is 12.5. The molecule has 0 atom stereocenters. The number of carbonyl (C=O) groups is 1. The summed E-state index contributed by atoms with van der Waals surface area (Å²) in [5, 5.41) is 25.4. The molecule has 1 aliphatic carbocycles. The highest BCUT2D eigenvalue weighted by Crippen LogP contribution is 2.34. The van der Waals surface area contributed by atoms with Gasteiger partial charge in [-0.1, -0.05) is 12.8 Å². The number of pyridine rings is 1. The molecular formula is C25H36N8O3. The molecule has 3 aromatic rings. The number of carboxylic acids is 1. The first-order valence-electron chi connectivity index (χ1n) is 12.5. The minimum Gasteiger partial charge on any atom is -0.477 e. The number of β-amino-alcohol motifs (C(OH)–C–C–N with tert-alkyl or cyclic N) is 1. The van der Waals surface area contributed by atoms with Crippen LogP contribution in [0.25, 0.3) is 11.0 Å². The van der Waals surface area contributed by atoms with Crippen LogP contribution in [0.2, 0.25) is 0 Å². The van der Waals surface area contributed by atoms with Crippen molar-refractivity contribution in [3.05, 3.63) is 36.3 Å². The molecule has 0 aromatic carbocycles. The number of aliphatic hydroxyl groups is 1. The number of hydrogen-bond donors (Lipinski definition) is 4. The number of fused-ring (bicyclic) bond motifs is 1. The monoisotopic (exact) mass is 496 g/mol. The molecule has 5 rings (SSSR count). The van der Waals surface area contributed by atoms with Gasteiger partial charge in [0.15, 0.2) is 0 Å². The predicted molar refractivity (Wildman–Crippen MR) is 140 cm³/mol. The van der Waals surface area contributed by atoms with E-state index in [1.807, 2.05) is 37.0 Å². The van der Waals surface area contributed by atoms with Crippen LogP contribution in [0.3, 0.4) is 0 Å². The van der Waals surface area contributed by atoms with Crippen molar-refractivity contribution in [2.75, 3.05) is 63.6 Å². The second-order valence-electron chi connectivity index (χ2n) is 9.19. The fraction of sp³-hybridized carbons (Fsp3) is 0.520. The minimum absolute atomic E-state index is 0.159. The summed E-state index contributed by atoms with van der Waals surface area (Å²) in [5.41, 5.74) is 1.97. The molecule has 0 radical (unpaired) electrons. The Bertz CT molecular complexity index is 1140. The van der Waals surface area contributed by atoms with Gasteiger partial charge in [0.1, 0.15) is 17.2 Å². The van der Waals surface area contributed by atoms with Gasteiger partial charge in [-0.3, -0.25) is 4.90 Å². The van der Waals surface area contributed by atoms with E-state index in [0.29, 0.717) is 17.4 Å². The zero-order chi connectivity index (χ0) is 25.5. The van der Waals surface area contributed by atoms with Gasteiger partial charge in [-0.2, -0.15) is 4.98 Å². The molecule has 4 heterocycles. The van der Waals surface area contributed by atoms with E-state index >= 15 is 0 Å². The van der Waals surface area contributed by atoms with Gasteiger partial charge < -0.3 is 30.3 Å². The number of piperazine rings is 1. The number of nitrogens with zero attached hydrogens (tertiary/aromatic N) is 6. The normalized spacial score (nSPS) is 16.7. The van der Waals surface area contributed by atoms with Gasteiger partial charge in [-0.25, -0.2) is 14.8 Å². The molecule has 0 amide bonds. The van der Waals surface area contributed by atoms with Crippen LogP contribution < -0.4 is 15.5 Å². The van der Waals surface area contributed by atoms with Gasteiger partial charge in [0, 0.05) is 50.3 Å². The average Bonchev–Trinajstić information content (AvgIpc) is 3.53. The summed E-state index contributed by atoms with van der Waals surface area (Å²) in [5.74, 6) is 0.0907. The molecule has 11 heteroatoms. The van der Waals surface area contributed by atoms with E-state index in [1.54, 1.807) is 12.3 Å². The molecule has 1 saturated carbocycles. The molecular weight excluding hydrogens is 460 g/mol. The fourth-order valence-electron chi connectivity index (χ4n) is 4.90. The molecule has 3 aromatic heterocycles. The van der Waals surface area contributed by atoms with E-state index in [2.05, 4.69) is 35.4 Å². The quantitative estimate of drug-likeness (QED) is 0.386. The third-order valence-corrected chi connectivity index (χ3v) is 6.63. The summed E-state index contributed by atoms with van der Waals surface area (Å²) in [4.78, 5) is 29.9. The van der Waals surface area contributed by atoms with Crippen molar-refractivity contribution in [1.29, 1.82) is 0 Å². The maximum absolute atomic E-state index is 11.8. The predicted octanol–water partition coefficient (Wildman–Crippen LogP) is 2.33. The lowest BCUT2D eigenvalue weighted by Gasteiger charge is -2.35. The fourth-order valence-corrected chi connectivity index (χ4v) is 4.90. The Labute approximate surface area is 211 Å². The van der Waals surface area contributed by atoms with Gasteiger partial charge in [-0.05, 0) is 45.1 Å². The van der Waals surface area contributed by atoms with Crippen molar-refractivity contribution in [2.24, 2.45) is 0 Å². The first-order chi connectivity index (χ1) is 17.5.